The Morgan fingerprint density at radius 3 is 2.12 bits per heavy atom. The fourth-order valence-corrected chi connectivity index (χ4v) is 10.0. The zero-order chi connectivity index (χ0) is 13.5. The molecule has 0 saturated carbocycles. The number of ether oxygens (including phenoxy) is 1. The van der Waals surface area contributed by atoms with E-state index in [2.05, 4.69) is 39.3 Å². The van der Waals surface area contributed by atoms with Crippen molar-refractivity contribution < 1.29 is 8.85 Å². The van der Waals surface area contributed by atoms with Crippen LogP contribution in [0.5, 0.6) is 0 Å². The van der Waals surface area contributed by atoms with Crippen LogP contribution in [0.4, 0.5) is 0 Å². The summed E-state index contributed by atoms with van der Waals surface area (Å²) in [4.78, 5) is 0. The Hall–Kier alpha value is 0.0938. The molecule has 0 aliphatic rings. The van der Waals surface area contributed by atoms with Gasteiger partial charge in [0.15, 0.2) is 16.6 Å². The lowest BCUT2D eigenvalue weighted by molar-refractivity contribution is 0.153. The second kappa shape index (κ2) is 7.51. The third-order valence-corrected chi connectivity index (χ3v) is 8.47. The molecule has 0 aromatic heterocycles. The summed E-state index contributed by atoms with van der Waals surface area (Å²) in [6, 6.07) is 1.24. The molecule has 0 unspecified atom stereocenters. The van der Waals surface area contributed by atoms with Crippen LogP contribution in [-0.4, -0.2) is 29.8 Å². The van der Waals surface area contributed by atoms with Gasteiger partial charge >= 0.3 is 0 Å². The van der Waals surface area contributed by atoms with Crippen molar-refractivity contribution in [2.45, 2.75) is 58.5 Å². The molecular formula is C13H30O2Si2. The molecule has 0 bridgehead atoms. The normalized spacial score (nSPS) is 12.8. The highest BCUT2D eigenvalue weighted by Gasteiger charge is 2.28. The molecule has 0 fully saturated rings. The van der Waals surface area contributed by atoms with E-state index >= 15 is 0 Å². The smallest absolute Gasteiger partial charge is 0.173 e. The Labute approximate surface area is 110 Å². The monoisotopic (exact) mass is 274 g/mol. The molecule has 2 nitrogen and oxygen atoms in total. The largest absolute Gasteiger partial charge is 0.456 e. The zero-order valence-electron chi connectivity index (χ0n) is 12.6. The van der Waals surface area contributed by atoms with Gasteiger partial charge in [0.05, 0.1) is 6.61 Å². The number of rotatable bonds is 9. The Kier molecular flexibility index (Phi) is 7.55. The maximum absolute atomic E-state index is 6.29. The van der Waals surface area contributed by atoms with Gasteiger partial charge in [-0.2, -0.15) is 0 Å². The first-order chi connectivity index (χ1) is 7.62. The van der Waals surface area contributed by atoms with Gasteiger partial charge < -0.3 is 8.85 Å². The van der Waals surface area contributed by atoms with Crippen LogP contribution in [0.25, 0.3) is 0 Å². The molecule has 102 valence electrons. The summed E-state index contributed by atoms with van der Waals surface area (Å²) in [6.45, 7) is 18.9. The van der Waals surface area contributed by atoms with Crippen molar-refractivity contribution >= 4 is 16.6 Å². The van der Waals surface area contributed by atoms with Crippen molar-refractivity contribution in [3.63, 3.8) is 0 Å². The van der Waals surface area contributed by atoms with E-state index in [1.54, 1.807) is 0 Å². The first-order valence-corrected chi connectivity index (χ1v) is 13.1. The van der Waals surface area contributed by atoms with Crippen LogP contribution >= 0.6 is 0 Å². The predicted octanol–water partition coefficient (Wildman–Crippen LogP) is 4.42. The van der Waals surface area contributed by atoms with Gasteiger partial charge in [0.25, 0.3) is 0 Å². The lowest BCUT2D eigenvalue weighted by atomic mass is 10.3. The van der Waals surface area contributed by atoms with Crippen molar-refractivity contribution in [2.75, 3.05) is 13.2 Å². The number of hydrogen-bond acceptors (Lipinski definition) is 2. The maximum Gasteiger partial charge on any atom is 0.173 e. The minimum Gasteiger partial charge on any atom is -0.456 e. The average Bonchev–Trinajstić information content (AvgIpc) is 2.06. The molecule has 0 aliphatic carbocycles. The van der Waals surface area contributed by atoms with Crippen LogP contribution in [0.15, 0.2) is 12.2 Å². The summed E-state index contributed by atoms with van der Waals surface area (Å²) in [5, 5.41) is 0. The Balaban J connectivity index is 3.62. The first kappa shape index (κ1) is 17.1. The minimum atomic E-state index is -1.43. The van der Waals surface area contributed by atoms with E-state index in [1.165, 1.54) is 12.5 Å². The summed E-state index contributed by atoms with van der Waals surface area (Å²) in [5.41, 5.74) is 1.10. The van der Waals surface area contributed by atoms with Gasteiger partial charge in [-0.3, -0.25) is 0 Å². The van der Waals surface area contributed by atoms with E-state index in [1.807, 2.05) is 6.92 Å². The van der Waals surface area contributed by atoms with E-state index < -0.39 is 16.6 Å². The van der Waals surface area contributed by atoms with Gasteiger partial charge in [0.1, 0.15) is 0 Å². The van der Waals surface area contributed by atoms with Crippen LogP contribution in [-0.2, 0) is 8.85 Å². The van der Waals surface area contributed by atoms with Crippen molar-refractivity contribution in [1.29, 1.82) is 0 Å². The van der Waals surface area contributed by atoms with Gasteiger partial charge in [-0.15, -0.1) is 0 Å². The molecule has 0 atom stereocenters. The lowest BCUT2D eigenvalue weighted by Crippen LogP contribution is -2.42. The Morgan fingerprint density at radius 2 is 1.65 bits per heavy atom. The molecule has 0 rings (SSSR count). The van der Waals surface area contributed by atoms with Gasteiger partial charge in [0.2, 0.25) is 0 Å². The summed E-state index contributed by atoms with van der Waals surface area (Å²) in [5.74, 6) is 0. The number of hydrogen-bond donors (Lipinski definition) is 0. The molecule has 0 aromatic rings. The minimum absolute atomic E-state index is 0.701. The topological polar surface area (TPSA) is 18.5 Å². The molecule has 0 amide bonds. The van der Waals surface area contributed by atoms with Crippen molar-refractivity contribution in [1.82, 2.24) is 0 Å². The maximum atomic E-state index is 6.29. The van der Waals surface area contributed by atoms with Crippen LogP contribution in [0.3, 0.4) is 0 Å². The molecule has 0 N–H and O–H groups in total. The average molecular weight is 275 g/mol. The van der Waals surface area contributed by atoms with E-state index in [4.69, 9.17) is 8.85 Å². The Bertz CT molecular complexity index is 232. The van der Waals surface area contributed by atoms with Gasteiger partial charge in [-0.05, 0) is 52.1 Å². The highest BCUT2D eigenvalue weighted by atomic mass is 28.4. The first-order valence-electron chi connectivity index (χ1n) is 6.55. The van der Waals surface area contributed by atoms with Crippen molar-refractivity contribution in [3.8, 4) is 0 Å². The quantitative estimate of drug-likeness (QED) is 0.352. The van der Waals surface area contributed by atoms with Crippen molar-refractivity contribution in [3.05, 3.63) is 12.2 Å². The van der Waals surface area contributed by atoms with Crippen LogP contribution in [0.2, 0.25) is 38.8 Å². The van der Waals surface area contributed by atoms with Gasteiger partial charge in [-0.1, -0.05) is 18.6 Å². The zero-order valence-corrected chi connectivity index (χ0v) is 14.6. The molecule has 4 heteroatoms. The highest BCUT2D eigenvalue weighted by Crippen LogP contribution is 2.20. The number of unbranched alkanes of at least 4 members (excludes halogenated alkanes) is 1. The van der Waals surface area contributed by atoms with E-state index in [0.29, 0.717) is 6.61 Å². The summed E-state index contributed by atoms with van der Waals surface area (Å²) >= 11 is 0. The van der Waals surface area contributed by atoms with Crippen molar-refractivity contribution in [2.24, 2.45) is 0 Å². The standard InChI is InChI=1S/C13H30O2Si2/c1-13(2)12-14-10-8-9-11-17(6,7)15-16(3,4)5/h1,8-12H2,2-7H3. The molecule has 0 radical (unpaired) electrons. The lowest BCUT2D eigenvalue weighted by Gasteiger charge is -2.31. The SMILES string of the molecule is C=C(C)COCCCC[Si](C)(C)O[Si](C)(C)C. The van der Waals surface area contributed by atoms with E-state index in [9.17, 15) is 0 Å². The van der Waals surface area contributed by atoms with Gasteiger partial charge in [0, 0.05) is 6.61 Å². The third kappa shape index (κ3) is 12.3. The van der Waals surface area contributed by atoms with Crippen LogP contribution in [0.1, 0.15) is 19.8 Å². The second-order valence-electron chi connectivity index (χ2n) is 6.44. The fourth-order valence-electron chi connectivity index (χ4n) is 1.88. The summed E-state index contributed by atoms with van der Waals surface area (Å²) in [7, 11) is -2.80. The third-order valence-electron chi connectivity index (χ3n) is 2.25. The molecular weight excluding hydrogens is 244 g/mol. The highest BCUT2D eigenvalue weighted by molar-refractivity contribution is 6.84. The molecule has 0 spiro atoms. The van der Waals surface area contributed by atoms with E-state index in [-0.39, 0.29) is 0 Å². The Morgan fingerprint density at radius 1 is 1.06 bits per heavy atom. The second-order valence-corrected chi connectivity index (χ2v) is 15.5. The van der Waals surface area contributed by atoms with Gasteiger partial charge in [-0.25, -0.2) is 0 Å². The summed E-state index contributed by atoms with van der Waals surface area (Å²) in [6.07, 6.45) is 2.36. The molecule has 0 heterocycles. The summed E-state index contributed by atoms with van der Waals surface area (Å²) < 4.78 is 11.8. The van der Waals surface area contributed by atoms with Crippen LogP contribution < -0.4 is 0 Å². The van der Waals surface area contributed by atoms with Crippen LogP contribution in [0, 0.1) is 0 Å². The molecule has 0 aliphatic heterocycles. The van der Waals surface area contributed by atoms with E-state index in [0.717, 1.165) is 18.6 Å². The molecule has 17 heavy (non-hydrogen) atoms. The predicted molar refractivity (Wildman–Crippen MR) is 81.6 cm³/mol. The molecule has 0 aromatic carbocycles. The molecule has 0 saturated heterocycles. The fraction of sp³-hybridized carbons (Fsp3) is 0.846.